The molecule has 0 saturated carbocycles. The SMILES string of the molecule is Cc1cc(C(N)=O)nc(C2(C)CCCN2Cc2cccc3[nH]ccc23)n1. The molecule has 26 heavy (non-hydrogen) atoms. The highest BCUT2D eigenvalue weighted by atomic mass is 16.1. The topological polar surface area (TPSA) is 87.9 Å². The molecule has 1 aliphatic rings. The second kappa shape index (κ2) is 6.21. The summed E-state index contributed by atoms with van der Waals surface area (Å²) in [4.78, 5) is 26.5. The Hall–Kier alpha value is -2.73. The van der Waals surface area contributed by atoms with Gasteiger partial charge in [-0.05, 0) is 57.0 Å². The molecule has 1 atom stereocenters. The molecule has 6 heteroatoms. The Morgan fingerprint density at radius 1 is 1.35 bits per heavy atom. The molecule has 0 spiro atoms. The third-order valence-electron chi connectivity index (χ3n) is 5.42. The zero-order valence-electron chi connectivity index (χ0n) is 15.1. The molecule has 134 valence electrons. The van der Waals surface area contributed by atoms with Crippen molar-refractivity contribution in [1.82, 2.24) is 19.9 Å². The van der Waals surface area contributed by atoms with Gasteiger partial charge in [-0.1, -0.05) is 12.1 Å². The van der Waals surface area contributed by atoms with Crippen molar-refractivity contribution in [1.29, 1.82) is 0 Å². The zero-order chi connectivity index (χ0) is 18.3. The molecule has 3 heterocycles. The molecule has 3 N–H and O–H groups in total. The van der Waals surface area contributed by atoms with Gasteiger partial charge in [-0.2, -0.15) is 0 Å². The van der Waals surface area contributed by atoms with E-state index in [2.05, 4.69) is 51.0 Å². The Kier molecular flexibility index (Phi) is 4.00. The van der Waals surface area contributed by atoms with Crippen LogP contribution in [0.25, 0.3) is 10.9 Å². The summed E-state index contributed by atoms with van der Waals surface area (Å²) < 4.78 is 0. The summed E-state index contributed by atoms with van der Waals surface area (Å²) >= 11 is 0. The number of fused-ring (bicyclic) bond motifs is 1. The van der Waals surface area contributed by atoms with Gasteiger partial charge in [0, 0.05) is 29.3 Å². The fraction of sp³-hybridized carbons (Fsp3) is 0.350. The minimum Gasteiger partial charge on any atom is -0.364 e. The number of nitrogens with zero attached hydrogens (tertiary/aromatic N) is 3. The van der Waals surface area contributed by atoms with E-state index < -0.39 is 5.91 Å². The largest absolute Gasteiger partial charge is 0.364 e. The van der Waals surface area contributed by atoms with E-state index in [1.54, 1.807) is 6.07 Å². The lowest BCUT2D eigenvalue weighted by molar-refractivity contribution is 0.0991. The summed E-state index contributed by atoms with van der Waals surface area (Å²) in [5.41, 5.74) is 8.62. The van der Waals surface area contributed by atoms with Crippen LogP contribution >= 0.6 is 0 Å². The Morgan fingerprint density at radius 3 is 3.00 bits per heavy atom. The lowest BCUT2D eigenvalue weighted by Crippen LogP contribution is -2.40. The number of carbonyl (C=O) groups is 1. The van der Waals surface area contributed by atoms with Crippen molar-refractivity contribution in [2.24, 2.45) is 5.73 Å². The van der Waals surface area contributed by atoms with Crippen LogP contribution in [0.5, 0.6) is 0 Å². The highest BCUT2D eigenvalue weighted by Crippen LogP contribution is 2.38. The van der Waals surface area contributed by atoms with Gasteiger partial charge in [-0.3, -0.25) is 9.69 Å². The molecule has 1 saturated heterocycles. The first-order valence-electron chi connectivity index (χ1n) is 8.93. The minimum atomic E-state index is -0.512. The molecular formula is C20H23N5O. The van der Waals surface area contributed by atoms with Crippen LogP contribution in [0.15, 0.2) is 36.5 Å². The maximum atomic E-state index is 11.6. The van der Waals surface area contributed by atoms with E-state index in [1.807, 2.05) is 13.1 Å². The number of rotatable bonds is 4. The highest BCUT2D eigenvalue weighted by Gasteiger charge is 2.41. The predicted octanol–water partition coefficient (Wildman–Crippen LogP) is 2.88. The Bertz CT molecular complexity index is 979. The Balaban J connectivity index is 1.71. The fourth-order valence-corrected chi connectivity index (χ4v) is 3.96. The first-order chi connectivity index (χ1) is 12.5. The number of benzene rings is 1. The molecule has 3 aromatic rings. The molecule has 1 fully saturated rings. The molecule has 6 nitrogen and oxygen atoms in total. The van der Waals surface area contributed by atoms with Crippen molar-refractivity contribution >= 4 is 16.8 Å². The summed E-state index contributed by atoms with van der Waals surface area (Å²) in [6, 6.07) is 10.1. The summed E-state index contributed by atoms with van der Waals surface area (Å²) in [6.45, 7) is 5.83. The zero-order valence-corrected chi connectivity index (χ0v) is 15.1. The lowest BCUT2D eigenvalue weighted by Gasteiger charge is -2.34. The van der Waals surface area contributed by atoms with Crippen LogP contribution in [0.1, 0.15) is 47.3 Å². The number of primary amides is 1. The number of carbonyl (C=O) groups excluding carboxylic acids is 1. The molecule has 1 aliphatic heterocycles. The van der Waals surface area contributed by atoms with Crippen molar-refractivity contribution in [2.45, 2.75) is 38.8 Å². The van der Waals surface area contributed by atoms with Crippen molar-refractivity contribution in [3.63, 3.8) is 0 Å². The van der Waals surface area contributed by atoms with E-state index in [1.165, 1.54) is 10.9 Å². The first-order valence-corrected chi connectivity index (χ1v) is 8.93. The minimum absolute atomic E-state index is 0.285. The third-order valence-corrected chi connectivity index (χ3v) is 5.42. The quantitative estimate of drug-likeness (QED) is 0.758. The van der Waals surface area contributed by atoms with Gasteiger partial charge >= 0.3 is 0 Å². The molecular weight excluding hydrogens is 326 g/mol. The summed E-state index contributed by atoms with van der Waals surface area (Å²) in [5, 5.41) is 1.24. The molecule has 0 radical (unpaired) electrons. The first kappa shape index (κ1) is 16.7. The van der Waals surface area contributed by atoms with Crippen LogP contribution in [0.2, 0.25) is 0 Å². The number of hydrogen-bond acceptors (Lipinski definition) is 4. The maximum absolute atomic E-state index is 11.6. The molecule has 0 bridgehead atoms. The molecule has 1 aromatic carbocycles. The summed E-state index contributed by atoms with van der Waals surface area (Å²) in [7, 11) is 0. The van der Waals surface area contributed by atoms with Gasteiger partial charge in [0.15, 0.2) is 0 Å². The number of amides is 1. The van der Waals surface area contributed by atoms with Crippen molar-refractivity contribution < 1.29 is 4.79 Å². The number of H-pyrrole nitrogens is 1. The van der Waals surface area contributed by atoms with Crippen molar-refractivity contribution in [2.75, 3.05) is 6.54 Å². The summed E-state index contributed by atoms with van der Waals surface area (Å²) in [6.07, 6.45) is 4.00. The third kappa shape index (κ3) is 2.76. The van der Waals surface area contributed by atoms with E-state index in [9.17, 15) is 4.79 Å². The fourth-order valence-electron chi connectivity index (χ4n) is 3.96. The van der Waals surface area contributed by atoms with E-state index in [0.717, 1.165) is 37.1 Å². The van der Waals surface area contributed by atoms with Gasteiger partial charge in [-0.15, -0.1) is 0 Å². The molecule has 2 aromatic heterocycles. The van der Waals surface area contributed by atoms with Crippen molar-refractivity contribution in [3.8, 4) is 0 Å². The van der Waals surface area contributed by atoms with Crippen LogP contribution in [0.4, 0.5) is 0 Å². The molecule has 0 aliphatic carbocycles. The lowest BCUT2D eigenvalue weighted by atomic mass is 9.96. The van der Waals surface area contributed by atoms with E-state index in [4.69, 9.17) is 5.73 Å². The number of nitrogens with two attached hydrogens (primary N) is 1. The number of aryl methyl sites for hydroxylation is 1. The van der Waals surface area contributed by atoms with Gasteiger partial charge in [-0.25, -0.2) is 9.97 Å². The Labute approximate surface area is 152 Å². The van der Waals surface area contributed by atoms with Crippen LogP contribution in [-0.4, -0.2) is 32.3 Å². The second-order valence-corrected chi connectivity index (χ2v) is 7.24. The number of likely N-dealkylation sites (tertiary alicyclic amines) is 1. The van der Waals surface area contributed by atoms with Crippen LogP contribution in [0, 0.1) is 6.92 Å². The average Bonchev–Trinajstić information content (AvgIpc) is 3.23. The van der Waals surface area contributed by atoms with Crippen LogP contribution in [-0.2, 0) is 12.1 Å². The van der Waals surface area contributed by atoms with Gasteiger partial charge < -0.3 is 10.7 Å². The number of nitrogens with one attached hydrogen (secondary N) is 1. The van der Waals surface area contributed by atoms with Crippen LogP contribution < -0.4 is 5.73 Å². The van der Waals surface area contributed by atoms with Gasteiger partial charge in [0.25, 0.3) is 5.91 Å². The van der Waals surface area contributed by atoms with E-state index >= 15 is 0 Å². The summed E-state index contributed by atoms with van der Waals surface area (Å²) in [5.74, 6) is 0.173. The van der Waals surface area contributed by atoms with Crippen molar-refractivity contribution in [3.05, 3.63) is 59.3 Å². The smallest absolute Gasteiger partial charge is 0.267 e. The van der Waals surface area contributed by atoms with Gasteiger partial charge in [0.1, 0.15) is 11.5 Å². The van der Waals surface area contributed by atoms with Gasteiger partial charge in [0.2, 0.25) is 0 Å². The number of aromatic amines is 1. The molecule has 1 amide bonds. The number of aromatic nitrogens is 3. The predicted molar refractivity (Wildman–Crippen MR) is 101 cm³/mol. The average molecular weight is 349 g/mol. The van der Waals surface area contributed by atoms with E-state index in [0.29, 0.717) is 5.82 Å². The normalized spacial score (nSPS) is 20.7. The highest BCUT2D eigenvalue weighted by molar-refractivity contribution is 5.90. The second-order valence-electron chi connectivity index (χ2n) is 7.24. The standard InChI is InChI=1S/C20H23N5O/c1-13-11-17(18(21)26)24-19(23-13)20(2)8-4-10-25(20)12-14-5-3-6-16-15(14)7-9-22-16/h3,5-7,9,11,22H,4,8,10,12H2,1-2H3,(H2,21,26). The van der Waals surface area contributed by atoms with Gasteiger partial charge in [0.05, 0.1) is 5.54 Å². The maximum Gasteiger partial charge on any atom is 0.267 e. The molecule has 1 unspecified atom stereocenters. The van der Waals surface area contributed by atoms with E-state index in [-0.39, 0.29) is 11.2 Å². The Morgan fingerprint density at radius 2 is 2.19 bits per heavy atom. The molecule has 4 rings (SSSR count). The monoisotopic (exact) mass is 349 g/mol. The number of hydrogen-bond donors (Lipinski definition) is 2. The van der Waals surface area contributed by atoms with Crippen LogP contribution in [0.3, 0.4) is 0 Å².